The summed E-state index contributed by atoms with van der Waals surface area (Å²) in [6.45, 7) is 12.1. The van der Waals surface area contributed by atoms with E-state index in [-0.39, 0.29) is 0 Å². The predicted octanol–water partition coefficient (Wildman–Crippen LogP) is 6.14. The molecule has 118 valence electrons. The zero-order valence-corrected chi connectivity index (χ0v) is 14.1. The highest BCUT2D eigenvalue weighted by atomic mass is 14.9. The first kappa shape index (κ1) is 16.8. The van der Waals surface area contributed by atoms with Crippen molar-refractivity contribution in [2.24, 2.45) is 0 Å². The maximum atomic E-state index is 4.09. The van der Waals surface area contributed by atoms with Crippen LogP contribution in [0.25, 0.3) is 0 Å². The van der Waals surface area contributed by atoms with Crippen molar-refractivity contribution in [2.45, 2.75) is 26.7 Å². The molecule has 0 heterocycles. The lowest BCUT2D eigenvalue weighted by atomic mass is 10.0. The van der Waals surface area contributed by atoms with Gasteiger partial charge in [-0.1, -0.05) is 62.1 Å². The molecule has 0 saturated carbocycles. The Morgan fingerprint density at radius 1 is 1.13 bits per heavy atom. The fourth-order valence-corrected chi connectivity index (χ4v) is 2.52. The van der Waals surface area contributed by atoms with Crippen molar-refractivity contribution in [2.75, 3.05) is 5.32 Å². The van der Waals surface area contributed by atoms with E-state index in [9.17, 15) is 0 Å². The Kier molecular flexibility index (Phi) is 5.99. The molecule has 2 aromatic rings. The molecule has 0 atom stereocenters. The highest BCUT2D eigenvalue weighted by Crippen LogP contribution is 2.22. The van der Waals surface area contributed by atoms with E-state index in [0.717, 1.165) is 29.8 Å². The molecule has 1 nitrogen and oxygen atoms in total. The van der Waals surface area contributed by atoms with Crippen LogP contribution in [0.2, 0.25) is 0 Å². The summed E-state index contributed by atoms with van der Waals surface area (Å²) in [6.07, 6.45) is 7.62. The monoisotopic (exact) mass is 303 g/mol. The third-order valence-corrected chi connectivity index (χ3v) is 3.85. The van der Waals surface area contributed by atoms with Crippen molar-refractivity contribution in [3.8, 4) is 0 Å². The van der Waals surface area contributed by atoms with Crippen molar-refractivity contribution in [3.05, 3.63) is 96.1 Å². The van der Waals surface area contributed by atoms with Crippen LogP contribution in [0.4, 0.5) is 11.4 Å². The molecular weight excluding hydrogens is 278 g/mol. The number of nitrogens with one attached hydrogen (secondary N) is 1. The molecule has 0 unspecified atom stereocenters. The zero-order chi connectivity index (χ0) is 16.7. The highest BCUT2D eigenvalue weighted by molar-refractivity contribution is 5.61. The van der Waals surface area contributed by atoms with Crippen LogP contribution in [0.1, 0.15) is 23.6 Å². The minimum absolute atomic E-state index is 0.863. The summed E-state index contributed by atoms with van der Waals surface area (Å²) < 4.78 is 0. The molecule has 0 amide bonds. The summed E-state index contributed by atoms with van der Waals surface area (Å²) in [5.41, 5.74) is 7.26. The fourth-order valence-electron chi connectivity index (χ4n) is 2.52. The lowest BCUT2D eigenvalue weighted by Gasteiger charge is -2.12. The van der Waals surface area contributed by atoms with Gasteiger partial charge >= 0.3 is 0 Å². The molecule has 2 aromatic carbocycles. The second kappa shape index (κ2) is 8.19. The van der Waals surface area contributed by atoms with Crippen molar-refractivity contribution in [1.82, 2.24) is 0 Å². The molecule has 0 aliphatic heterocycles. The maximum Gasteiger partial charge on any atom is 0.0387 e. The van der Waals surface area contributed by atoms with Crippen LogP contribution >= 0.6 is 0 Å². The minimum atomic E-state index is 0.863. The Morgan fingerprint density at radius 3 is 2.61 bits per heavy atom. The quantitative estimate of drug-likeness (QED) is 0.606. The number of hydrogen-bond acceptors (Lipinski definition) is 1. The molecule has 1 heteroatoms. The summed E-state index contributed by atoms with van der Waals surface area (Å²) >= 11 is 0. The first-order valence-electron chi connectivity index (χ1n) is 8.04. The molecule has 2 rings (SSSR count). The zero-order valence-electron chi connectivity index (χ0n) is 14.1. The van der Waals surface area contributed by atoms with Gasteiger partial charge in [0.05, 0.1) is 0 Å². The average molecular weight is 303 g/mol. The van der Waals surface area contributed by atoms with Crippen LogP contribution in [0.5, 0.6) is 0 Å². The molecule has 23 heavy (non-hydrogen) atoms. The lowest BCUT2D eigenvalue weighted by Crippen LogP contribution is -1.95. The third kappa shape index (κ3) is 5.00. The number of aryl methyl sites for hydroxylation is 2. The second-order valence-corrected chi connectivity index (χ2v) is 5.75. The smallest absolute Gasteiger partial charge is 0.0387 e. The number of anilines is 2. The fraction of sp³-hybridized carbons (Fsp3) is 0.182. The first-order chi connectivity index (χ1) is 11.1. The van der Waals surface area contributed by atoms with Crippen molar-refractivity contribution < 1.29 is 0 Å². The Morgan fingerprint density at radius 2 is 1.91 bits per heavy atom. The summed E-state index contributed by atoms with van der Waals surface area (Å²) in [5.74, 6) is 0. The van der Waals surface area contributed by atoms with E-state index < -0.39 is 0 Å². The number of allylic oxidation sites excluding steroid dienone is 4. The Labute approximate surface area is 140 Å². The average Bonchev–Trinajstić information content (AvgIpc) is 2.55. The largest absolute Gasteiger partial charge is 0.356 e. The van der Waals surface area contributed by atoms with Gasteiger partial charge in [0, 0.05) is 11.4 Å². The maximum absolute atomic E-state index is 4.09. The van der Waals surface area contributed by atoms with Gasteiger partial charge in [-0.05, 0) is 60.7 Å². The summed E-state index contributed by atoms with van der Waals surface area (Å²) in [6, 6.07) is 15.0. The molecule has 0 radical (unpaired) electrons. The van der Waals surface area contributed by atoms with Gasteiger partial charge in [0.2, 0.25) is 0 Å². The van der Waals surface area contributed by atoms with Crippen LogP contribution < -0.4 is 5.32 Å². The second-order valence-electron chi connectivity index (χ2n) is 5.75. The van der Waals surface area contributed by atoms with Crippen molar-refractivity contribution >= 4 is 11.4 Å². The first-order valence-corrected chi connectivity index (χ1v) is 8.04. The number of benzene rings is 2. The minimum Gasteiger partial charge on any atom is -0.356 e. The predicted molar refractivity (Wildman–Crippen MR) is 102 cm³/mol. The molecule has 0 fully saturated rings. The standard InChI is InChI=1S/C22H25N/c1-5-7-9-17(3)14-20-12-13-22(15-18(20)4)23-21-11-8-10-19(6-2)16-21/h5,7-13,15-16,23H,1,3,6,14H2,2,4H3/b9-7-. The van der Waals surface area contributed by atoms with E-state index in [0.29, 0.717) is 0 Å². The SMILES string of the molecule is C=C/C=C\C(=C)Cc1ccc(Nc2cccc(CC)c2)cc1C. The van der Waals surface area contributed by atoms with Crippen LogP contribution in [0.3, 0.4) is 0 Å². The summed E-state index contributed by atoms with van der Waals surface area (Å²) in [7, 11) is 0. The van der Waals surface area contributed by atoms with Gasteiger partial charge in [-0.15, -0.1) is 0 Å². The normalized spacial score (nSPS) is 10.7. The Balaban J connectivity index is 2.10. The highest BCUT2D eigenvalue weighted by Gasteiger charge is 2.02. The molecule has 0 aliphatic rings. The van der Waals surface area contributed by atoms with E-state index in [1.807, 2.05) is 12.2 Å². The Hall–Kier alpha value is -2.54. The Bertz CT molecular complexity index is 723. The molecule has 0 aliphatic carbocycles. The van der Waals surface area contributed by atoms with Gasteiger partial charge in [-0.3, -0.25) is 0 Å². The number of hydrogen-bond donors (Lipinski definition) is 1. The van der Waals surface area contributed by atoms with E-state index >= 15 is 0 Å². The van der Waals surface area contributed by atoms with Gasteiger partial charge in [0.15, 0.2) is 0 Å². The van der Waals surface area contributed by atoms with E-state index in [2.05, 4.69) is 74.8 Å². The van der Waals surface area contributed by atoms with Gasteiger partial charge in [0.25, 0.3) is 0 Å². The third-order valence-electron chi connectivity index (χ3n) is 3.85. The molecule has 0 bridgehead atoms. The van der Waals surface area contributed by atoms with Gasteiger partial charge < -0.3 is 5.32 Å². The molecule has 0 aromatic heterocycles. The van der Waals surface area contributed by atoms with Gasteiger partial charge in [0.1, 0.15) is 0 Å². The molecule has 0 saturated heterocycles. The van der Waals surface area contributed by atoms with Gasteiger partial charge in [-0.25, -0.2) is 0 Å². The lowest BCUT2D eigenvalue weighted by molar-refractivity contribution is 1.14. The van der Waals surface area contributed by atoms with Crippen LogP contribution in [0, 0.1) is 6.92 Å². The van der Waals surface area contributed by atoms with Crippen LogP contribution in [0.15, 0.2) is 79.4 Å². The van der Waals surface area contributed by atoms with Crippen molar-refractivity contribution in [1.29, 1.82) is 0 Å². The molecule has 0 spiro atoms. The van der Waals surface area contributed by atoms with Gasteiger partial charge in [-0.2, -0.15) is 0 Å². The molecular formula is C22H25N. The van der Waals surface area contributed by atoms with Crippen LogP contribution in [-0.4, -0.2) is 0 Å². The topological polar surface area (TPSA) is 12.0 Å². The summed E-state index contributed by atoms with van der Waals surface area (Å²) in [4.78, 5) is 0. The van der Waals surface area contributed by atoms with Crippen LogP contribution in [-0.2, 0) is 12.8 Å². The number of rotatable bonds is 7. The van der Waals surface area contributed by atoms with E-state index in [1.54, 1.807) is 6.08 Å². The van der Waals surface area contributed by atoms with Crippen molar-refractivity contribution in [3.63, 3.8) is 0 Å². The van der Waals surface area contributed by atoms with E-state index in [4.69, 9.17) is 0 Å². The summed E-state index contributed by atoms with van der Waals surface area (Å²) in [5, 5.41) is 3.48. The van der Waals surface area contributed by atoms with E-state index in [1.165, 1.54) is 16.7 Å². The molecule has 1 N–H and O–H groups in total.